The fourth-order valence-electron chi connectivity index (χ4n) is 8.28. The summed E-state index contributed by atoms with van der Waals surface area (Å²) in [5, 5.41) is 7.95. The summed E-state index contributed by atoms with van der Waals surface area (Å²) < 4.78 is 125. The number of anilines is 4. The number of piperazine rings is 2. The molecular formula is C48H59F4N17O8S3. The number of halogens is 4. The SMILES string of the molecule is CS(=O)(=O)c1nc(N)n2nc(-c3ccco3)nc2n1.C[S@@](=O)CCOc1cc(N2CCN(CCCc3nc(N)n4nc(-c5ccco5)nc4n3)CC2)c(F)cc1F.C[S@@](=O)CCOc1cc(N2CCN(CCN)CC2)c(F)cc1F. The highest BCUT2D eigenvalue weighted by molar-refractivity contribution is 7.90. The van der Waals surface area contributed by atoms with Gasteiger partial charge in [-0.3, -0.25) is 18.2 Å². The number of benzene rings is 2. The molecule has 0 bridgehead atoms. The van der Waals surface area contributed by atoms with E-state index in [1.807, 2.05) is 9.80 Å². The standard InChI is InChI=1S/C24H28F2N8O3S.C15H23F2N3O2S.C9H8N6O3S/c1-38(35)13-12-37-20-15-18(16(25)14-17(20)26)33-9-7-32(8-10-33)6-2-5-21-28-23(27)34-24(29-21)30-22(31-34)19-4-3-11-36-19;1-23(21)9-8-22-15-11-14(12(16)10-13(15)17)20-6-4-19(3-2-18)5-7-20;1-19(16,17)9-12-7(10)15-8(13-9)11-6(14-15)5-3-2-4-18-5/h3-4,11,14-15H,2,5-10,12-13H2,1H3,(H2,27,28,29,30,31);10-11H,2-9,18H2,1H3;2-4H,1H3,(H2,10,11,12,13,14)/t38-;23-;/m11./s1. The number of furan rings is 2. The summed E-state index contributed by atoms with van der Waals surface area (Å²) in [5.41, 5.74) is 17.9. The maximum atomic E-state index is 14.5. The van der Waals surface area contributed by atoms with E-state index in [0.29, 0.717) is 85.2 Å². The molecule has 32 heteroatoms. The summed E-state index contributed by atoms with van der Waals surface area (Å²) >= 11 is 0. The van der Waals surface area contributed by atoms with Gasteiger partial charge in [0, 0.05) is 137 Å². The Morgan fingerprint density at radius 2 is 1.09 bits per heavy atom. The first-order valence-corrected chi connectivity index (χ1v) is 30.2. The molecule has 2 fully saturated rings. The highest BCUT2D eigenvalue weighted by Gasteiger charge is 2.25. The zero-order valence-corrected chi connectivity index (χ0v) is 46.2. The lowest BCUT2D eigenvalue weighted by Crippen LogP contribution is -2.48. The van der Waals surface area contributed by atoms with Gasteiger partial charge in [-0.25, -0.2) is 26.0 Å². The Labute approximate surface area is 461 Å². The molecule has 2 atom stereocenters. The molecule has 0 spiro atoms. The number of nitrogen functional groups attached to an aromatic ring is 2. The Hall–Kier alpha value is -7.39. The van der Waals surface area contributed by atoms with Crippen molar-refractivity contribution in [3.63, 3.8) is 0 Å². The van der Waals surface area contributed by atoms with Crippen LogP contribution >= 0.6 is 0 Å². The number of hydrogen-bond donors (Lipinski definition) is 3. The van der Waals surface area contributed by atoms with Gasteiger partial charge in [0.05, 0.1) is 48.6 Å². The van der Waals surface area contributed by atoms with Crippen molar-refractivity contribution in [3.05, 3.63) is 90.2 Å². The number of fused-ring (bicyclic) bond motifs is 2. The Morgan fingerprint density at radius 1 is 0.625 bits per heavy atom. The fourth-order valence-corrected chi connectivity index (χ4v) is 9.43. The van der Waals surface area contributed by atoms with Crippen molar-refractivity contribution < 1.29 is 52.7 Å². The largest absolute Gasteiger partial charge is 0.489 e. The molecular weight excluding hydrogens is 1110 g/mol. The van der Waals surface area contributed by atoms with E-state index >= 15 is 0 Å². The van der Waals surface area contributed by atoms with Crippen LogP contribution < -0.4 is 36.5 Å². The number of hydrogen-bond acceptors (Lipinski definition) is 23. The van der Waals surface area contributed by atoms with E-state index in [1.54, 1.807) is 43.0 Å². The second kappa shape index (κ2) is 26.7. The predicted octanol–water partition coefficient (Wildman–Crippen LogP) is 2.72. The van der Waals surface area contributed by atoms with Crippen LogP contribution in [0.3, 0.4) is 0 Å². The first-order valence-electron chi connectivity index (χ1n) is 24.9. The van der Waals surface area contributed by atoms with Gasteiger partial charge in [-0.15, -0.1) is 10.2 Å². The monoisotopic (exact) mass is 1170 g/mol. The number of nitrogens with zero attached hydrogens (tertiary/aromatic N) is 14. The number of sulfone groups is 1. The van der Waals surface area contributed by atoms with Crippen LogP contribution in [0.15, 0.2) is 75.0 Å². The van der Waals surface area contributed by atoms with Crippen LogP contribution in [-0.2, 0) is 37.9 Å². The van der Waals surface area contributed by atoms with Crippen LogP contribution in [0, 0.1) is 23.3 Å². The normalized spacial score (nSPS) is 15.1. The van der Waals surface area contributed by atoms with Crippen molar-refractivity contribution in [1.29, 1.82) is 0 Å². The lowest BCUT2D eigenvalue weighted by atomic mass is 10.2. The molecule has 6 N–H and O–H groups in total. The molecule has 0 saturated carbocycles. The van der Waals surface area contributed by atoms with E-state index in [4.69, 9.17) is 35.5 Å². The van der Waals surface area contributed by atoms with Crippen LogP contribution in [0.25, 0.3) is 34.7 Å². The van der Waals surface area contributed by atoms with Crippen molar-refractivity contribution in [2.75, 3.05) is 137 Å². The molecule has 8 aromatic rings. The van der Waals surface area contributed by atoms with E-state index < -0.39 is 59.9 Å². The molecule has 80 heavy (non-hydrogen) atoms. The molecule has 2 saturated heterocycles. The van der Waals surface area contributed by atoms with Gasteiger partial charge >= 0.3 is 0 Å². The van der Waals surface area contributed by atoms with Gasteiger partial charge in [-0.1, -0.05) is 0 Å². The lowest BCUT2D eigenvalue weighted by molar-refractivity contribution is 0.253. The summed E-state index contributed by atoms with van der Waals surface area (Å²) in [6.45, 7) is 7.97. The molecule has 8 heterocycles. The summed E-state index contributed by atoms with van der Waals surface area (Å²) in [6, 6.07) is 11.3. The minimum Gasteiger partial charge on any atom is -0.489 e. The Kier molecular flexibility index (Phi) is 19.6. The van der Waals surface area contributed by atoms with E-state index in [1.165, 1.54) is 22.9 Å². The van der Waals surface area contributed by atoms with Gasteiger partial charge in [0.2, 0.25) is 33.4 Å². The maximum Gasteiger partial charge on any atom is 0.258 e. The van der Waals surface area contributed by atoms with Crippen molar-refractivity contribution in [1.82, 2.24) is 58.9 Å². The van der Waals surface area contributed by atoms with Crippen molar-refractivity contribution in [3.8, 4) is 34.7 Å². The molecule has 0 aliphatic carbocycles. The van der Waals surface area contributed by atoms with Crippen LogP contribution in [-0.4, -0.2) is 191 Å². The predicted molar refractivity (Wildman–Crippen MR) is 291 cm³/mol. The molecule has 2 aromatic carbocycles. The molecule has 2 aliphatic heterocycles. The fraction of sp³-hybridized carbons (Fsp3) is 0.417. The van der Waals surface area contributed by atoms with Gasteiger partial charge in [0.1, 0.15) is 17.5 Å². The zero-order valence-electron chi connectivity index (χ0n) is 43.8. The van der Waals surface area contributed by atoms with Crippen LogP contribution in [0.5, 0.6) is 11.5 Å². The van der Waals surface area contributed by atoms with Gasteiger partial charge in [0.15, 0.2) is 34.7 Å². The molecule has 25 nitrogen and oxygen atoms in total. The van der Waals surface area contributed by atoms with Gasteiger partial charge < -0.3 is 45.3 Å². The Morgan fingerprint density at radius 3 is 1.52 bits per heavy atom. The second-order valence-electron chi connectivity index (χ2n) is 18.2. The second-order valence-corrected chi connectivity index (χ2v) is 23.2. The minimum absolute atomic E-state index is 0.00348. The van der Waals surface area contributed by atoms with Gasteiger partial charge in [-0.05, 0) is 37.2 Å². The van der Waals surface area contributed by atoms with Crippen LogP contribution in [0.1, 0.15) is 12.2 Å². The number of rotatable bonds is 19. The number of nitrogens with two attached hydrogens (primary N) is 3. The van der Waals surface area contributed by atoms with Crippen molar-refractivity contribution >= 4 is 66.3 Å². The summed E-state index contributed by atoms with van der Waals surface area (Å²) in [6.07, 6.45) is 8.52. The van der Waals surface area contributed by atoms with E-state index in [-0.39, 0.29) is 54.0 Å². The smallest absolute Gasteiger partial charge is 0.258 e. The van der Waals surface area contributed by atoms with E-state index in [9.17, 15) is 34.4 Å². The molecule has 2 aliphatic rings. The highest BCUT2D eigenvalue weighted by atomic mass is 32.2. The van der Waals surface area contributed by atoms with E-state index in [0.717, 1.165) is 68.6 Å². The summed E-state index contributed by atoms with van der Waals surface area (Å²) in [4.78, 5) is 33.0. The molecule has 10 rings (SSSR count). The third-order valence-electron chi connectivity index (χ3n) is 12.3. The summed E-state index contributed by atoms with van der Waals surface area (Å²) in [7, 11) is -5.64. The molecule has 0 unspecified atom stereocenters. The first-order chi connectivity index (χ1) is 38.3. The van der Waals surface area contributed by atoms with Gasteiger partial charge in [0.25, 0.3) is 16.7 Å². The zero-order chi connectivity index (χ0) is 57.1. The van der Waals surface area contributed by atoms with Crippen molar-refractivity contribution in [2.24, 2.45) is 5.73 Å². The molecule has 6 aromatic heterocycles. The third kappa shape index (κ3) is 15.3. The summed E-state index contributed by atoms with van der Waals surface area (Å²) in [5.74, 6) is 0.475. The lowest BCUT2D eigenvalue weighted by Gasteiger charge is -2.36. The highest BCUT2D eigenvalue weighted by Crippen LogP contribution is 2.31. The number of aryl methyl sites for hydroxylation is 1. The minimum atomic E-state index is -3.57. The van der Waals surface area contributed by atoms with Crippen molar-refractivity contribution in [2.45, 2.75) is 18.0 Å². The number of aromatic nitrogens is 10. The van der Waals surface area contributed by atoms with Crippen LogP contribution in [0.4, 0.5) is 40.8 Å². The molecule has 430 valence electrons. The topological polar surface area (TPSA) is 316 Å². The Bertz CT molecular complexity index is 3530. The average molecular weight is 1170 g/mol. The quantitative estimate of drug-likeness (QED) is 0.0980. The van der Waals surface area contributed by atoms with Crippen LogP contribution in [0.2, 0.25) is 0 Å². The Balaban J connectivity index is 0.000000171. The first kappa shape index (κ1) is 58.8. The maximum absolute atomic E-state index is 14.5. The molecule has 0 amide bonds. The molecule has 0 radical (unpaired) electrons. The number of ether oxygens (including phenoxy) is 2. The third-order valence-corrected chi connectivity index (χ3v) is 14.6. The van der Waals surface area contributed by atoms with Gasteiger partial charge in [-0.2, -0.15) is 38.9 Å². The van der Waals surface area contributed by atoms with E-state index in [2.05, 4.69) is 49.9 Å². The average Bonchev–Trinajstić information content (AvgIpc) is 4.35.